The molecule has 8 nitrogen and oxygen atoms in total. The molecule has 0 aliphatic carbocycles. The number of likely N-dealkylation sites (N-methyl/N-ethyl adjacent to an activating group) is 1. The predicted octanol–water partition coefficient (Wildman–Crippen LogP) is 2.72. The standard InChI is InChI=1S/C24H30N6O2S/c1-17-20-22(29-10-8-27(2)9-11-29)25-16-26-23(20)33-21(17)24(31)30-14-12-28(13-15-30)18-6-4-5-7-19(18)32-3/h4-7,16H,8-15H2,1-3H3. The second-order valence-electron chi connectivity index (χ2n) is 8.68. The number of benzene rings is 1. The van der Waals surface area contributed by atoms with Crippen molar-refractivity contribution in [3.05, 3.63) is 41.0 Å². The number of hydrogen-bond acceptors (Lipinski definition) is 8. The molecule has 2 aliphatic rings. The van der Waals surface area contributed by atoms with Crippen molar-refractivity contribution in [1.82, 2.24) is 19.8 Å². The van der Waals surface area contributed by atoms with Gasteiger partial charge >= 0.3 is 0 Å². The molecule has 2 fully saturated rings. The molecule has 0 unspecified atom stereocenters. The number of nitrogens with zero attached hydrogens (tertiary/aromatic N) is 6. The third-order valence-corrected chi connectivity index (χ3v) is 7.88. The molecule has 2 aliphatic heterocycles. The summed E-state index contributed by atoms with van der Waals surface area (Å²) in [4.78, 5) is 33.2. The number of amides is 1. The van der Waals surface area contributed by atoms with E-state index in [0.717, 1.165) is 77.2 Å². The van der Waals surface area contributed by atoms with E-state index in [2.05, 4.69) is 37.8 Å². The first-order valence-corrected chi connectivity index (χ1v) is 12.2. The van der Waals surface area contributed by atoms with Gasteiger partial charge in [-0.2, -0.15) is 0 Å². The number of piperazine rings is 2. The summed E-state index contributed by atoms with van der Waals surface area (Å²) in [6.07, 6.45) is 1.63. The third kappa shape index (κ3) is 4.11. The van der Waals surface area contributed by atoms with E-state index in [1.165, 1.54) is 11.3 Å². The van der Waals surface area contributed by atoms with Gasteiger partial charge in [0.1, 0.15) is 22.7 Å². The number of carbonyl (C=O) groups is 1. The maximum Gasteiger partial charge on any atom is 0.264 e. The largest absolute Gasteiger partial charge is 0.495 e. The summed E-state index contributed by atoms with van der Waals surface area (Å²) in [5.74, 6) is 1.93. The fourth-order valence-electron chi connectivity index (χ4n) is 4.70. The van der Waals surface area contributed by atoms with Crippen molar-refractivity contribution in [3.63, 3.8) is 0 Å². The maximum atomic E-state index is 13.5. The highest BCUT2D eigenvalue weighted by molar-refractivity contribution is 7.20. The van der Waals surface area contributed by atoms with Crippen LogP contribution in [0.15, 0.2) is 30.6 Å². The SMILES string of the molecule is COc1ccccc1N1CCN(C(=O)c2sc3ncnc(N4CCN(C)CC4)c3c2C)CC1. The number of thiophene rings is 1. The lowest BCUT2D eigenvalue weighted by atomic mass is 10.1. The second-order valence-corrected chi connectivity index (χ2v) is 9.67. The van der Waals surface area contributed by atoms with E-state index in [-0.39, 0.29) is 5.91 Å². The number of anilines is 2. The topological polar surface area (TPSA) is 65.0 Å². The molecule has 174 valence electrons. The van der Waals surface area contributed by atoms with E-state index in [0.29, 0.717) is 13.1 Å². The summed E-state index contributed by atoms with van der Waals surface area (Å²) < 4.78 is 5.52. The highest BCUT2D eigenvalue weighted by Crippen LogP contribution is 2.36. The van der Waals surface area contributed by atoms with Crippen molar-refractivity contribution in [3.8, 4) is 5.75 Å². The van der Waals surface area contributed by atoms with E-state index in [1.54, 1.807) is 13.4 Å². The molecular weight excluding hydrogens is 436 g/mol. The minimum absolute atomic E-state index is 0.0968. The molecule has 0 saturated carbocycles. The number of para-hydroxylation sites is 2. The molecule has 0 bridgehead atoms. The Bertz CT molecular complexity index is 1150. The van der Waals surface area contributed by atoms with Crippen molar-refractivity contribution in [2.45, 2.75) is 6.92 Å². The predicted molar refractivity (Wildman–Crippen MR) is 133 cm³/mol. The van der Waals surface area contributed by atoms with Gasteiger partial charge in [0.05, 0.1) is 23.1 Å². The monoisotopic (exact) mass is 466 g/mol. The molecule has 9 heteroatoms. The Labute approximate surface area is 198 Å². The molecule has 0 N–H and O–H groups in total. The minimum atomic E-state index is 0.0968. The lowest BCUT2D eigenvalue weighted by Crippen LogP contribution is -2.48. The van der Waals surface area contributed by atoms with Gasteiger partial charge in [0.15, 0.2) is 0 Å². The van der Waals surface area contributed by atoms with Gasteiger partial charge in [0, 0.05) is 52.4 Å². The van der Waals surface area contributed by atoms with Gasteiger partial charge in [0.25, 0.3) is 5.91 Å². The van der Waals surface area contributed by atoms with Crippen LogP contribution in [0.5, 0.6) is 5.75 Å². The van der Waals surface area contributed by atoms with Crippen LogP contribution in [-0.2, 0) is 0 Å². The summed E-state index contributed by atoms with van der Waals surface area (Å²) in [7, 11) is 3.84. The molecule has 0 radical (unpaired) electrons. The van der Waals surface area contributed by atoms with E-state index < -0.39 is 0 Å². The van der Waals surface area contributed by atoms with Crippen molar-refractivity contribution >= 4 is 39.0 Å². The van der Waals surface area contributed by atoms with Crippen LogP contribution < -0.4 is 14.5 Å². The molecule has 0 spiro atoms. The highest BCUT2D eigenvalue weighted by Gasteiger charge is 2.28. The van der Waals surface area contributed by atoms with E-state index in [1.807, 2.05) is 30.0 Å². The number of aryl methyl sites for hydroxylation is 1. The number of fused-ring (bicyclic) bond motifs is 1. The Morgan fingerprint density at radius 1 is 0.970 bits per heavy atom. The van der Waals surface area contributed by atoms with Crippen LogP contribution in [-0.4, -0.2) is 92.2 Å². The van der Waals surface area contributed by atoms with Crippen LogP contribution in [0.2, 0.25) is 0 Å². The van der Waals surface area contributed by atoms with Gasteiger partial charge < -0.3 is 24.3 Å². The van der Waals surface area contributed by atoms with Gasteiger partial charge in [-0.15, -0.1) is 11.3 Å². The highest BCUT2D eigenvalue weighted by atomic mass is 32.1. The molecule has 5 rings (SSSR count). The lowest BCUT2D eigenvalue weighted by Gasteiger charge is -2.36. The Morgan fingerprint density at radius 3 is 2.39 bits per heavy atom. The normalized spacial score (nSPS) is 17.6. The molecule has 2 aromatic heterocycles. The number of methoxy groups -OCH3 is 1. The van der Waals surface area contributed by atoms with Crippen LogP contribution in [0.4, 0.5) is 11.5 Å². The van der Waals surface area contributed by atoms with Crippen molar-refractivity contribution < 1.29 is 9.53 Å². The first kappa shape index (κ1) is 21.9. The van der Waals surface area contributed by atoms with Crippen LogP contribution in [0.3, 0.4) is 0 Å². The number of hydrogen-bond donors (Lipinski definition) is 0. The Balaban J connectivity index is 1.35. The number of aromatic nitrogens is 2. The van der Waals surface area contributed by atoms with Crippen LogP contribution in [0, 0.1) is 6.92 Å². The smallest absolute Gasteiger partial charge is 0.264 e. The average Bonchev–Trinajstić information content (AvgIpc) is 3.21. The second kappa shape index (κ2) is 9.15. The van der Waals surface area contributed by atoms with E-state index in [9.17, 15) is 4.79 Å². The number of carbonyl (C=O) groups excluding carboxylic acids is 1. The van der Waals surface area contributed by atoms with Crippen LogP contribution >= 0.6 is 11.3 Å². The fourth-order valence-corrected chi connectivity index (χ4v) is 5.81. The van der Waals surface area contributed by atoms with Crippen molar-refractivity contribution in [2.24, 2.45) is 0 Å². The van der Waals surface area contributed by atoms with Crippen molar-refractivity contribution in [1.29, 1.82) is 0 Å². The average molecular weight is 467 g/mol. The Kier molecular flexibility index (Phi) is 6.07. The molecule has 1 aromatic carbocycles. The van der Waals surface area contributed by atoms with Gasteiger partial charge in [0.2, 0.25) is 0 Å². The van der Waals surface area contributed by atoms with Gasteiger partial charge in [-0.3, -0.25) is 4.79 Å². The van der Waals surface area contributed by atoms with Crippen molar-refractivity contribution in [2.75, 3.05) is 76.3 Å². The molecule has 2 saturated heterocycles. The molecule has 4 heterocycles. The van der Waals surface area contributed by atoms with Gasteiger partial charge in [-0.25, -0.2) is 9.97 Å². The molecule has 3 aromatic rings. The number of ether oxygens (including phenoxy) is 1. The molecule has 33 heavy (non-hydrogen) atoms. The first-order chi connectivity index (χ1) is 16.1. The molecule has 1 amide bonds. The number of rotatable bonds is 4. The zero-order valence-corrected chi connectivity index (χ0v) is 20.3. The van der Waals surface area contributed by atoms with Gasteiger partial charge in [-0.1, -0.05) is 12.1 Å². The van der Waals surface area contributed by atoms with Gasteiger partial charge in [-0.05, 0) is 31.7 Å². The maximum absolute atomic E-state index is 13.5. The first-order valence-electron chi connectivity index (χ1n) is 11.4. The van der Waals surface area contributed by atoms with Crippen LogP contribution in [0.25, 0.3) is 10.2 Å². The fraction of sp³-hybridized carbons (Fsp3) is 0.458. The summed E-state index contributed by atoms with van der Waals surface area (Å²) in [6.45, 7) is 8.86. The third-order valence-electron chi connectivity index (χ3n) is 6.70. The van der Waals surface area contributed by atoms with Crippen LogP contribution in [0.1, 0.15) is 15.2 Å². The minimum Gasteiger partial charge on any atom is -0.495 e. The zero-order chi connectivity index (χ0) is 22.9. The lowest BCUT2D eigenvalue weighted by molar-refractivity contribution is 0.0751. The summed E-state index contributed by atoms with van der Waals surface area (Å²) in [5.41, 5.74) is 2.08. The Morgan fingerprint density at radius 2 is 1.67 bits per heavy atom. The molecular formula is C24H30N6O2S. The van der Waals surface area contributed by atoms with E-state index in [4.69, 9.17) is 4.74 Å². The quantitative estimate of drug-likeness (QED) is 0.586. The summed E-state index contributed by atoms with van der Waals surface area (Å²) >= 11 is 1.49. The molecule has 0 atom stereocenters. The van der Waals surface area contributed by atoms with E-state index >= 15 is 0 Å². The summed E-state index contributed by atoms with van der Waals surface area (Å²) in [6, 6.07) is 8.05. The summed E-state index contributed by atoms with van der Waals surface area (Å²) in [5, 5.41) is 1.03. The zero-order valence-electron chi connectivity index (χ0n) is 19.5. The Hall–Kier alpha value is -2.91.